The Kier molecular flexibility index (Phi) is 4.03. The van der Waals surface area contributed by atoms with E-state index in [0.29, 0.717) is 19.6 Å². The van der Waals surface area contributed by atoms with Gasteiger partial charge in [0.05, 0.1) is 24.2 Å². The molecule has 1 fully saturated rings. The van der Waals surface area contributed by atoms with Crippen LogP contribution in [0.5, 0.6) is 5.88 Å². The average molecular weight is 275 g/mol. The fourth-order valence-corrected chi connectivity index (χ4v) is 2.09. The quantitative estimate of drug-likeness (QED) is 0.606. The van der Waals surface area contributed by atoms with Gasteiger partial charge in [0.25, 0.3) is 0 Å². The van der Waals surface area contributed by atoms with Crippen molar-refractivity contribution in [3.05, 3.63) is 22.2 Å². The minimum atomic E-state index is -0.583. The summed E-state index contributed by atoms with van der Waals surface area (Å²) in [6.45, 7) is 4.91. The minimum absolute atomic E-state index is 0.0189. The van der Waals surface area contributed by atoms with Gasteiger partial charge in [-0.2, -0.15) is 0 Å². The van der Waals surface area contributed by atoms with Gasteiger partial charge in [0.1, 0.15) is 0 Å². The summed E-state index contributed by atoms with van der Waals surface area (Å²) in [4.78, 5) is 10.4. The van der Waals surface area contributed by atoms with Crippen molar-refractivity contribution in [1.29, 1.82) is 0 Å². The third-order valence-corrected chi connectivity index (χ3v) is 2.97. The molecule has 1 aromatic rings. The van der Waals surface area contributed by atoms with Crippen LogP contribution in [-0.4, -0.2) is 34.5 Å². The second-order valence-corrected chi connectivity index (χ2v) is 4.22. The van der Waals surface area contributed by atoms with Crippen molar-refractivity contribution >= 4 is 17.3 Å². The van der Waals surface area contributed by atoms with Crippen LogP contribution in [0.15, 0.2) is 0 Å². The number of ether oxygens (including phenoxy) is 2. The summed E-state index contributed by atoms with van der Waals surface area (Å²) in [7, 11) is 0. The Labute approximate surface area is 109 Å². The molecule has 1 aromatic heterocycles. The van der Waals surface area contributed by atoms with E-state index in [1.165, 1.54) is 4.68 Å². The maximum absolute atomic E-state index is 11.0. The van der Waals surface area contributed by atoms with Gasteiger partial charge in [-0.15, -0.1) is 5.10 Å². The van der Waals surface area contributed by atoms with Crippen LogP contribution in [0.4, 0.5) is 5.69 Å². The van der Waals surface area contributed by atoms with Gasteiger partial charge >= 0.3 is 11.6 Å². The Bertz CT molecular complexity index is 443. The average Bonchev–Trinajstić information content (AvgIpc) is 2.93. The lowest BCUT2D eigenvalue weighted by molar-refractivity contribution is -0.385. The summed E-state index contributed by atoms with van der Waals surface area (Å²) in [5.74, 6) is -0.0550. The molecule has 0 saturated carbocycles. The van der Waals surface area contributed by atoms with E-state index in [0.717, 1.165) is 6.42 Å². The van der Waals surface area contributed by atoms with Crippen LogP contribution in [0.2, 0.25) is 5.15 Å². The molecule has 2 rings (SSSR count). The summed E-state index contributed by atoms with van der Waals surface area (Å²) in [6, 6.07) is -0.0756. The van der Waals surface area contributed by atoms with E-state index in [9.17, 15) is 10.1 Å². The van der Waals surface area contributed by atoms with Crippen molar-refractivity contribution in [3.8, 4) is 5.88 Å². The molecule has 99 valence electrons. The van der Waals surface area contributed by atoms with Gasteiger partial charge in [0.15, 0.2) is 0 Å². The van der Waals surface area contributed by atoms with Crippen molar-refractivity contribution in [2.45, 2.75) is 18.9 Å². The topological polar surface area (TPSA) is 79.4 Å². The second-order valence-electron chi connectivity index (χ2n) is 3.87. The maximum atomic E-state index is 11.0. The highest BCUT2D eigenvalue weighted by molar-refractivity contribution is 6.32. The van der Waals surface area contributed by atoms with Gasteiger partial charge in [-0.05, 0) is 19.8 Å². The van der Waals surface area contributed by atoms with E-state index in [2.05, 4.69) is 12.0 Å². The molecule has 1 aliphatic heterocycles. The molecule has 18 heavy (non-hydrogen) atoms. The first-order valence-corrected chi connectivity index (χ1v) is 5.95. The largest absolute Gasteiger partial charge is 0.472 e. The highest BCUT2D eigenvalue weighted by atomic mass is 35.5. The first-order valence-electron chi connectivity index (χ1n) is 5.57. The Hall–Kier alpha value is -1.34. The SMILES string of the molecule is [CH2]CCOc1nn(C2CCOC2)c(Cl)c1[N+](=O)[O-]. The Morgan fingerprint density at radius 2 is 2.50 bits per heavy atom. The molecule has 0 spiro atoms. The predicted molar refractivity (Wildman–Crippen MR) is 63.8 cm³/mol. The molecule has 8 heteroatoms. The van der Waals surface area contributed by atoms with E-state index in [-0.39, 0.29) is 29.4 Å². The molecule has 1 aliphatic rings. The molecule has 0 bridgehead atoms. The van der Waals surface area contributed by atoms with E-state index in [4.69, 9.17) is 21.1 Å². The Balaban J connectivity index is 2.33. The standard InChI is InChI=1S/C10H13ClN3O4/c1-2-4-18-10-8(14(15)16)9(11)13(12-10)7-3-5-17-6-7/h7H,1-6H2. The van der Waals surface area contributed by atoms with Crippen LogP contribution in [0.25, 0.3) is 0 Å². The minimum Gasteiger partial charge on any atom is -0.472 e. The number of aromatic nitrogens is 2. The van der Waals surface area contributed by atoms with Crippen LogP contribution >= 0.6 is 11.6 Å². The van der Waals surface area contributed by atoms with Gasteiger partial charge in [-0.3, -0.25) is 10.1 Å². The van der Waals surface area contributed by atoms with Crippen LogP contribution in [0.1, 0.15) is 18.9 Å². The molecule has 0 aromatic carbocycles. The van der Waals surface area contributed by atoms with Gasteiger partial charge in [-0.1, -0.05) is 11.6 Å². The molecule has 1 radical (unpaired) electrons. The number of hydrogen-bond acceptors (Lipinski definition) is 5. The van der Waals surface area contributed by atoms with Crippen molar-refractivity contribution in [2.24, 2.45) is 0 Å². The Morgan fingerprint density at radius 3 is 3.06 bits per heavy atom. The lowest BCUT2D eigenvalue weighted by Gasteiger charge is -2.07. The second kappa shape index (κ2) is 5.53. The highest BCUT2D eigenvalue weighted by Gasteiger charge is 2.32. The number of nitro groups is 1. The molecule has 0 aliphatic carbocycles. The highest BCUT2D eigenvalue weighted by Crippen LogP contribution is 2.37. The van der Waals surface area contributed by atoms with Crippen LogP contribution in [0.3, 0.4) is 0 Å². The van der Waals surface area contributed by atoms with E-state index >= 15 is 0 Å². The van der Waals surface area contributed by atoms with Crippen LogP contribution in [-0.2, 0) is 4.74 Å². The van der Waals surface area contributed by atoms with Crippen molar-refractivity contribution in [2.75, 3.05) is 19.8 Å². The zero-order valence-corrected chi connectivity index (χ0v) is 10.4. The van der Waals surface area contributed by atoms with Crippen LogP contribution in [0, 0.1) is 17.0 Å². The molecule has 1 atom stereocenters. The maximum Gasteiger partial charge on any atom is 0.368 e. The zero-order valence-electron chi connectivity index (χ0n) is 9.67. The number of rotatable bonds is 5. The molecule has 1 saturated heterocycles. The molecule has 0 N–H and O–H groups in total. The van der Waals surface area contributed by atoms with Crippen molar-refractivity contribution in [3.63, 3.8) is 0 Å². The molecule has 1 unspecified atom stereocenters. The summed E-state index contributed by atoms with van der Waals surface area (Å²) >= 11 is 5.99. The fraction of sp³-hybridized carbons (Fsp3) is 0.600. The zero-order chi connectivity index (χ0) is 13.1. The number of nitrogens with zero attached hydrogens (tertiary/aromatic N) is 3. The molecule has 2 heterocycles. The number of hydrogen-bond donors (Lipinski definition) is 0. The molecular weight excluding hydrogens is 262 g/mol. The van der Waals surface area contributed by atoms with Gasteiger partial charge in [0.2, 0.25) is 5.15 Å². The van der Waals surface area contributed by atoms with Gasteiger partial charge < -0.3 is 9.47 Å². The van der Waals surface area contributed by atoms with Crippen molar-refractivity contribution in [1.82, 2.24) is 9.78 Å². The lowest BCUT2D eigenvalue weighted by atomic mass is 10.3. The third-order valence-electron chi connectivity index (χ3n) is 2.61. The molecule has 0 amide bonds. The summed E-state index contributed by atoms with van der Waals surface area (Å²) in [6.07, 6.45) is 1.22. The third kappa shape index (κ3) is 2.41. The summed E-state index contributed by atoms with van der Waals surface area (Å²) < 4.78 is 11.8. The van der Waals surface area contributed by atoms with E-state index in [1.807, 2.05) is 0 Å². The lowest BCUT2D eigenvalue weighted by Crippen LogP contribution is -2.10. The van der Waals surface area contributed by atoms with E-state index in [1.54, 1.807) is 0 Å². The predicted octanol–water partition coefficient (Wildman–Crippen LogP) is 2.01. The molecule has 7 nitrogen and oxygen atoms in total. The normalized spacial score (nSPS) is 19.1. The molecular formula is C10H13ClN3O4. The fourth-order valence-electron chi connectivity index (χ4n) is 1.76. The van der Waals surface area contributed by atoms with Crippen LogP contribution < -0.4 is 4.74 Å². The van der Waals surface area contributed by atoms with E-state index < -0.39 is 4.92 Å². The smallest absolute Gasteiger partial charge is 0.368 e. The first kappa shape index (κ1) is 13.1. The summed E-state index contributed by atoms with van der Waals surface area (Å²) in [5, 5.41) is 15.0. The van der Waals surface area contributed by atoms with Crippen molar-refractivity contribution < 1.29 is 14.4 Å². The summed E-state index contributed by atoms with van der Waals surface area (Å²) in [5.41, 5.74) is -0.294. The first-order chi connectivity index (χ1) is 8.65. The number of halogens is 1. The monoisotopic (exact) mass is 274 g/mol. The van der Waals surface area contributed by atoms with Gasteiger partial charge in [0, 0.05) is 6.61 Å². The van der Waals surface area contributed by atoms with Gasteiger partial charge in [-0.25, -0.2) is 4.68 Å². The Morgan fingerprint density at radius 1 is 1.72 bits per heavy atom.